The first-order chi connectivity index (χ1) is 7.50. The predicted molar refractivity (Wildman–Crippen MR) is 69.2 cm³/mol. The molecule has 16 heavy (non-hydrogen) atoms. The lowest BCUT2D eigenvalue weighted by atomic mass is 9.96. The van der Waals surface area contributed by atoms with Crippen molar-refractivity contribution in [2.45, 2.75) is 31.8 Å². The molecule has 1 aromatic heterocycles. The Hall–Kier alpha value is -0.390. The first-order valence-corrected chi connectivity index (χ1v) is 6.92. The number of hydrogen-bond donors (Lipinski definition) is 2. The van der Waals surface area contributed by atoms with Crippen LogP contribution in [0.25, 0.3) is 0 Å². The maximum absolute atomic E-state index is 11.9. The van der Waals surface area contributed by atoms with E-state index >= 15 is 0 Å². The van der Waals surface area contributed by atoms with E-state index in [2.05, 4.69) is 21.2 Å². The maximum atomic E-state index is 11.9. The van der Waals surface area contributed by atoms with Crippen molar-refractivity contribution in [3.63, 3.8) is 0 Å². The molecule has 1 atom stereocenters. The molecule has 1 saturated carbocycles. The van der Waals surface area contributed by atoms with Crippen molar-refractivity contribution < 1.29 is 4.79 Å². The van der Waals surface area contributed by atoms with Crippen LogP contribution < -0.4 is 11.1 Å². The van der Waals surface area contributed by atoms with Gasteiger partial charge in [0.2, 0.25) is 5.91 Å². The highest BCUT2D eigenvalue weighted by atomic mass is 79.9. The first-order valence-electron chi connectivity index (χ1n) is 5.31. The Balaban J connectivity index is 1.88. The summed E-state index contributed by atoms with van der Waals surface area (Å²) in [6.07, 6.45) is 2.15. The Labute approximate surface area is 108 Å². The number of nitrogens with one attached hydrogen (secondary N) is 1. The van der Waals surface area contributed by atoms with Crippen LogP contribution in [0.5, 0.6) is 0 Å². The zero-order valence-electron chi connectivity index (χ0n) is 9.13. The van der Waals surface area contributed by atoms with Crippen molar-refractivity contribution in [3.05, 3.63) is 20.8 Å². The standard InChI is InChI=1S/C11H15BrN2OS/c1-11(13,7-2-3-7)10(15)14-6-8-4-5-9(12)16-8/h4-5,7H,2-3,6,13H2,1H3,(H,14,15). The van der Waals surface area contributed by atoms with Crippen LogP contribution in [0, 0.1) is 5.92 Å². The first kappa shape index (κ1) is 12.1. The van der Waals surface area contributed by atoms with Crippen molar-refractivity contribution in [2.75, 3.05) is 0 Å². The highest BCUT2D eigenvalue weighted by molar-refractivity contribution is 9.11. The second-order valence-corrected chi connectivity index (χ2v) is 6.99. The Morgan fingerprint density at radius 1 is 1.69 bits per heavy atom. The number of amides is 1. The summed E-state index contributed by atoms with van der Waals surface area (Å²) in [6, 6.07) is 3.98. The SMILES string of the molecule is CC(N)(C(=O)NCc1ccc(Br)s1)C1CC1. The second kappa shape index (κ2) is 4.47. The Morgan fingerprint density at radius 2 is 2.38 bits per heavy atom. The summed E-state index contributed by atoms with van der Waals surface area (Å²) in [5.41, 5.74) is 5.32. The summed E-state index contributed by atoms with van der Waals surface area (Å²) >= 11 is 5.02. The van der Waals surface area contributed by atoms with Gasteiger partial charge in [-0.15, -0.1) is 11.3 Å². The van der Waals surface area contributed by atoms with E-state index in [0.29, 0.717) is 12.5 Å². The van der Waals surface area contributed by atoms with Gasteiger partial charge in [-0.1, -0.05) is 0 Å². The molecule has 3 N–H and O–H groups in total. The number of halogens is 1. The van der Waals surface area contributed by atoms with Crippen LogP contribution in [0.1, 0.15) is 24.6 Å². The van der Waals surface area contributed by atoms with Gasteiger partial charge in [0.05, 0.1) is 15.9 Å². The van der Waals surface area contributed by atoms with E-state index in [0.717, 1.165) is 21.5 Å². The van der Waals surface area contributed by atoms with Crippen molar-refractivity contribution >= 4 is 33.2 Å². The minimum absolute atomic E-state index is 0.0421. The summed E-state index contributed by atoms with van der Waals surface area (Å²) < 4.78 is 1.08. The summed E-state index contributed by atoms with van der Waals surface area (Å²) in [6.45, 7) is 2.39. The van der Waals surface area contributed by atoms with Gasteiger partial charge in [0.25, 0.3) is 0 Å². The fourth-order valence-electron chi connectivity index (χ4n) is 1.67. The van der Waals surface area contributed by atoms with Crippen LogP contribution in [-0.2, 0) is 11.3 Å². The van der Waals surface area contributed by atoms with E-state index in [1.807, 2.05) is 19.1 Å². The number of hydrogen-bond acceptors (Lipinski definition) is 3. The Kier molecular flexibility index (Phi) is 3.37. The molecule has 2 rings (SSSR count). The Bertz CT molecular complexity index is 398. The third kappa shape index (κ3) is 2.64. The smallest absolute Gasteiger partial charge is 0.240 e. The minimum atomic E-state index is -0.700. The van der Waals surface area contributed by atoms with E-state index in [9.17, 15) is 4.79 Å². The van der Waals surface area contributed by atoms with E-state index < -0.39 is 5.54 Å². The van der Waals surface area contributed by atoms with E-state index in [1.165, 1.54) is 0 Å². The number of carbonyl (C=O) groups excluding carboxylic acids is 1. The molecule has 88 valence electrons. The molecule has 0 radical (unpaired) electrons. The molecule has 0 aromatic carbocycles. The van der Waals surface area contributed by atoms with Crippen molar-refractivity contribution in [2.24, 2.45) is 11.7 Å². The van der Waals surface area contributed by atoms with Gasteiger partial charge in [-0.25, -0.2) is 0 Å². The van der Waals surface area contributed by atoms with Crippen LogP contribution in [0.4, 0.5) is 0 Å². The normalized spacial score (nSPS) is 19.2. The maximum Gasteiger partial charge on any atom is 0.240 e. The van der Waals surface area contributed by atoms with Crippen LogP contribution in [-0.4, -0.2) is 11.4 Å². The Morgan fingerprint density at radius 3 is 2.88 bits per heavy atom. The van der Waals surface area contributed by atoms with Crippen molar-refractivity contribution in [1.29, 1.82) is 0 Å². The fraction of sp³-hybridized carbons (Fsp3) is 0.545. The van der Waals surface area contributed by atoms with Crippen LogP contribution in [0.15, 0.2) is 15.9 Å². The topological polar surface area (TPSA) is 55.1 Å². The minimum Gasteiger partial charge on any atom is -0.350 e. The van der Waals surface area contributed by atoms with Gasteiger partial charge in [0.1, 0.15) is 0 Å². The molecule has 3 nitrogen and oxygen atoms in total. The summed E-state index contributed by atoms with van der Waals surface area (Å²) in [4.78, 5) is 13.0. The number of rotatable bonds is 4. The molecule has 0 saturated heterocycles. The summed E-state index contributed by atoms with van der Waals surface area (Å²) in [5.74, 6) is 0.321. The third-order valence-corrected chi connectivity index (χ3v) is 4.59. The molecule has 0 bridgehead atoms. The quantitative estimate of drug-likeness (QED) is 0.896. The zero-order chi connectivity index (χ0) is 11.8. The summed E-state index contributed by atoms with van der Waals surface area (Å²) in [5, 5.41) is 2.90. The molecule has 0 spiro atoms. The molecule has 1 aliphatic carbocycles. The van der Waals surface area contributed by atoms with E-state index in [4.69, 9.17) is 5.73 Å². The largest absolute Gasteiger partial charge is 0.350 e. The lowest BCUT2D eigenvalue weighted by molar-refractivity contribution is -0.126. The van der Waals surface area contributed by atoms with E-state index in [1.54, 1.807) is 11.3 Å². The van der Waals surface area contributed by atoms with Crippen molar-refractivity contribution in [3.8, 4) is 0 Å². The lowest BCUT2D eigenvalue weighted by Crippen LogP contribution is -2.53. The van der Waals surface area contributed by atoms with Crippen LogP contribution in [0.3, 0.4) is 0 Å². The lowest BCUT2D eigenvalue weighted by Gasteiger charge is -2.22. The van der Waals surface area contributed by atoms with Gasteiger partial charge in [-0.05, 0) is 53.7 Å². The molecule has 5 heteroatoms. The van der Waals surface area contributed by atoms with Gasteiger partial charge in [-0.3, -0.25) is 4.79 Å². The molecule has 1 unspecified atom stereocenters. The molecule has 1 amide bonds. The van der Waals surface area contributed by atoms with E-state index in [-0.39, 0.29) is 5.91 Å². The van der Waals surface area contributed by atoms with Crippen LogP contribution >= 0.6 is 27.3 Å². The molecular formula is C11H15BrN2OS. The van der Waals surface area contributed by atoms with Gasteiger partial charge in [-0.2, -0.15) is 0 Å². The molecular weight excluding hydrogens is 288 g/mol. The zero-order valence-corrected chi connectivity index (χ0v) is 11.5. The van der Waals surface area contributed by atoms with Gasteiger partial charge < -0.3 is 11.1 Å². The molecule has 1 fully saturated rings. The highest BCUT2D eigenvalue weighted by Crippen LogP contribution is 2.38. The average Bonchev–Trinajstić information content (AvgIpc) is 3.00. The predicted octanol–water partition coefficient (Wildman–Crippen LogP) is 2.25. The number of nitrogens with two attached hydrogens (primary N) is 1. The number of carbonyl (C=O) groups is 1. The second-order valence-electron chi connectivity index (χ2n) is 4.45. The summed E-state index contributed by atoms with van der Waals surface area (Å²) in [7, 11) is 0. The third-order valence-electron chi connectivity index (χ3n) is 2.97. The average molecular weight is 303 g/mol. The van der Waals surface area contributed by atoms with Crippen molar-refractivity contribution in [1.82, 2.24) is 5.32 Å². The van der Waals surface area contributed by atoms with Crippen LogP contribution in [0.2, 0.25) is 0 Å². The molecule has 1 heterocycles. The van der Waals surface area contributed by atoms with Gasteiger partial charge >= 0.3 is 0 Å². The van der Waals surface area contributed by atoms with Gasteiger partial charge in [0, 0.05) is 4.88 Å². The molecule has 1 aliphatic rings. The highest BCUT2D eigenvalue weighted by Gasteiger charge is 2.43. The fourth-order valence-corrected chi connectivity index (χ4v) is 3.10. The molecule has 1 aromatic rings. The number of thiophene rings is 1. The van der Waals surface area contributed by atoms with Gasteiger partial charge in [0.15, 0.2) is 0 Å². The molecule has 0 aliphatic heterocycles. The monoisotopic (exact) mass is 302 g/mol.